The molecule has 0 fully saturated rings. The molecule has 0 unspecified atom stereocenters. The first-order valence-corrected chi connectivity index (χ1v) is 9.52. The van der Waals surface area contributed by atoms with Crippen molar-refractivity contribution < 1.29 is 4.79 Å². The minimum Gasteiger partial charge on any atom is -0.322 e. The highest BCUT2D eigenvalue weighted by atomic mass is 16.1. The minimum atomic E-state index is -0.214. The summed E-state index contributed by atoms with van der Waals surface area (Å²) in [7, 11) is 0. The van der Waals surface area contributed by atoms with Gasteiger partial charge in [0.25, 0.3) is 5.91 Å². The second-order valence-electron chi connectivity index (χ2n) is 6.77. The SMILES string of the molecule is CCN(CC)Cc1cnc2c(C(=O)Nc3ccc4ccccc4c3)cnn2c1. The van der Waals surface area contributed by atoms with Crippen molar-refractivity contribution in [3.63, 3.8) is 0 Å². The van der Waals surface area contributed by atoms with Gasteiger partial charge in [0.1, 0.15) is 5.56 Å². The molecule has 0 aliphatic carbocycles. The van der Waals surface area contributed by atoms with Gasteiger partial charge in [-0.05, 0) is 36.0 Å². The summed E-state index contributed by atoms with van der Waals surface area (Å²) >= 11 is 0. The Morgan fingerprint density at radius 2 is 1.86 bits per heavy atom. The maximum atomic E-state index is 12.8. The predicted molar refractivity (Wildman–Crippen MR) is 112 cm³/mol. The Labute approximate surface area is 163 Å². The van der Waals surface area contributed by atoms with Crippen molar-refractivity contribution in [2.45, 2.75) is 20.4 Å². The third-order valence-electron chi connectivity index (χ3n) is 4.96. The van der Waals surface area contributed by atoms with Gasteiger partial charge >= 0.3 is 0 Å². The number of nitrogens with one attached hydrogen (secondary N) is 1. The summed E-state index contributed by atoms with van der Waals surface area (Å²) in [5.74, 6) is -0.214. The Balaban J connectivity index is 1.56. The lowest BCUT2D eigenvalue weighted by molar-refractivity contribution is 0.102. The van der Waals surface area contributed by atoms with Crippen LogP contribution in [0.15, 0.2) is 61.1 Å². The second-order valence-corrected chi connectivity index (χ2v) is 6.77. The maximum Gasteiger partial charge on any atom is 0.261 e. The Bertz CT molecular complexity index is 1130. The zero-order valence-electron chi connectivity index (χ0n) is 16.1. The molecule has 0 aliphatic heterocycles. The number of carbonyl (C=O) groups excluding carboxylic acids is 1. The molecule has 0 bridgehead atoms. The molecule has 0 saturated carbocycles. The number of benzene rings is 2. The molecular weight excluding hydrogens is 350 g/mol. The van der Waals surface area contributed by atoms with E-state index in [0.29, 0.717) is 11.2 Å². The fourth-order valence-electron chi connectivity index (χ4n) is 3.33. The molecule has 2 aromatic heterocycles. The van der Waals surface area contributed by atoms with E-state index in [-0.39, 0.29) is 5.91 Å². The second kappa shape index (κ2) is 7.78. The highest BCUT2D eigenvalue weighted by Crippen LogP contribution is 2.20. The van der Waals surface area contributed by atoms with Crippen LogP contribution in [0.1, 0.15) is 29.8 Å². The van der Waals surface area contributed by atoms with Gasteiger partial charge in [0, 0.05) is 30.2 Å². The van der Waals surface area contributed by atoms with Crippen molar-refractivity contribution in [2.24, 2.45) is 0 Å². The summed E-state index contributed by atoms with van der Waals surface area (Å²) in [5, 5.41) is 9.50. The molecule has 0 radical (unpaired) electrons. The van der Waals surface area contributed by atoms with Gasteiger partial charge in [-0.25, -0.2) is 9.50 Å². The normalized spacial score (nSPS) is 11.4. The molecule has 2 heterocycles. The van der Waals surface area contributed by atoms with Crippen LogP contribution in [0.25, 0.3) is 16.4 Å². The van der Waals surface area contributed by atoms with E-state index < -0.39 is 0 Å². The first-order valence-electron chi connectivity index (χ1n) is 9.52. The quantitative estimate of drug-likeness (QED) is 0.555. The summed E-state index contributed by atoms with van der Waals surface area (Å²) in [6, 6.07) is 13.9. The van der Waals surface area contributed by atoms with E-state index in [0.717, 1.165) is 41.7 Å². The smallest absolute Gasteiger partial charge is 0.261 e. The molecule has 2 aromatic carbocycles. The van der Waals surface area contributed by atoms with E-state index in [4.69, 9.17) is 0 Å². The third kappa shape index (κ3) is 3.59. The average Bonchev–Trinajstić information content (AvgIpc) is 3.15. The maximum absolute atomic E-state index is 12.8. The van der Waals surface area contributed by atoms with E-state index in [1.807, 2.05) is 54.9 Å². The van der Waals surface area contributed by atoms with Crippen molar-refractivity contribution in [1.29, 1.82) is 0 Å². The van der Waals surface area contributed by atoms with Crippen molar-refractivity contribution in [1.82, 2.24) is 19.5 Å². The van der Waals surface area contributed by atoms with Crippen LogP contribution in [0, 0.1) is 0 Å². The fraction of sp³-hybridized carbons (Fsp3) is 0.227. The summed E-state index contributed by atoms with van der Waals surface area (Å²) < 4.78 is 1.67. The molecule has 6 heteroatoms. The highest BCUT2D eigenvalue weighted by Gasteiger charge is 2.15. The minimum absolute atomic E-state index is 0.214. The van der Waals surface area contributed by atoms with Crippen LogP contribution in [0.4, 0.5) is 5.69 Å². The Morgan fingerprint density at radius 3 is 2.64 bits per heavy atom. The van der Waals surface area contributed by atoms with Gasteiger partial charge in [0.2, 0.25) is 0 Å². The Morgan fingerprint density at radius 1 is 1.07 bits per heavy atom. The number of fused-ring (bicyclic) bond motifs is 2. The summed E-state index contributed by atoms with van der Waals surface area (Å²) in [5.41, 5.74) is 2.84. The molecule has 1 N–H and O–H groups in total. The monoisotopic (exact) mass is 373 g/mol. The number of nitrogens with zero attached hydrogens (tertiary/aromatic N) is 4. The first kappa shape index (κ1) is 18.1. The van der Waals surface area contributed by atoms with Crippen molar-refractivity contribution in [2.75, 3.05) is 18.4 Å². The molecule has 1 amide bonds. The molecule has 0 spiro atoms. The lowest BCUT2D eigenvalue weighted by Crippen LogP contribution is -2.22. The van der Waals surface area contributed by atoms with Crippen LogP contribution in [0.3, 0.4) is 0 Å². The summed E-state index contributed by atoms with van der Waals surface area (Å²) in [6.07, 6.45) is 5.33. The molecule has 142 valence electrons. The highest BCUT2D eigenvalue weighted by molar-refractivity contribution is 6.08. The predicted octanol–water partition coefficient (Wildman–Crippen LogP) is 3.98. The van der Waals surface area contributed by atoms with Gasteiger partial charge in [0.15, 0.2) is 5.65 Å². The number of hydrogen-bond acceptors (Lipinski definition) is 4. The molecular formula is C22H23N5O. The lowest BCUT2D eigenvalue weighted by atomic mass is 10.1. The largest absolute Gasteiger partial charge is 0.322 e. The molecule has 28 heavy (non-hydrogen) atoms. The van der Waals surface area contributed by atoms with Gasteiger partial charge in [-0.3, -0.25) is 9.69 Å². The van der Waals surface area contributed by atoms with E-state index >= 15 is 0 Å². The van der Waals surface area contributed by atoms with E-state index in [1.54, 1.807) is 10.7 Å². The fourth-order valence-corrected chi connectivity index (χ4v) is 3.33. The Hall–Kier alpha value is -3.25. The van der Waals surface area contributed by atoms with Crippen LogP contribution in [-0.4, -0.2) is 38.5 Å². The van der Waals surface area contributed by atoms with Crippen LogP contribution in [-0.2, 0) is 6.54 Å². The molecule has 0 saturated heterocycles. The van der Waals surface area contributed by atoms with Gasteiger partial charge in [-0.15, -0.1) is 0 Å². The van der Waals surface area contributed by atoms with Gasteiger partial charge in [0.05, 0.1) is 6.20 Å². The van der Waals surface area contributed by atoms with Crippen molar-refractivity contribution >= 4 is 28.0 Å². The standard InChI is InChI=1S/C22H23N5O/c1-3-26(4-2)14-16-12-23-21-20(13-24-27(21)15-16)22(28)25-19-10-9-17-7-5-6-8-18(17)11-19/h5-13,15H,3-4,14H2,1-2H3,(H,25,28). The van der Waals surface area contributed by atoms with E-state index in [9.17, 15) is 4.79 Å². The molecule has 0 atom stereocenters. The molecule has 6 nitrogen and oxygen atoms in total. The first-order chi connectivity index (χ1) is 13.7. The number of amides is 1. The van der Waals surface area contributed by atoms with Gasteiger partial charge in [-0.1, -0.05) is 44.2 Å². The number of carbonyl (C=O) groups is 1. The topological polar surface area (TPSA) is 62.5 Å². The Kier molecular flexibility index (Phi) is 5.04. The summed E-state index contributed by atoms with van der Waals surface area (Å²) in [6.45, 7) is 7.05. The van der Waals surface area contributed by atoms with Crippen LogP contribution >= 0.6 is 0 Å². The zero-order chi connectivity index (χ0) is 19.5. The van der Waals surface area contributed by atoms with Crippen molar-refractivity contribution in [3.8, 4) is 0 Å². The number of anilines is 1. The van der Waals surface area contributed by atoms with Crippen molar-refractivity contribution in [3.05, 3.63) is 72.2 Å². The number of rotatable bonds is 6. The summed E-state index contributed by atoms with van der Waals surface area (Å²) in [4.78, 5) is 19.6. The third-order valence-corrected chi connectivity index (χ3v) is 4.96. The average molecular weight is 373 g/mol. The number of hydrogen-bond donors (Lipinski definition) is 1. The molecule has 0 aliphatic rings. The van der Waals surface area contributed by atoms with Gasteiger partial charge < -0.3 is 5.32 Å². The lowest BCUT2D eigenvalue weighted by Gasteiger charge is -2.17. The number of aromatic nitrogens is 3. The van der Waals surface area contributed by atoms with E-state index in [2.05, 4.69) is 34.1 Å². The van der Waals surface area contributed by atoms with Crippen LogP contribution in [0.5, 0.6) is 0 Å². The molecule has 4 aromatic rings. The van der Waals surface area contributed by atoms with E-state index in [1.165, 1.54) is 0 Å². The molecule has 4 rings (SSSR count). The van der Waals surface area contributed by atoms with Gasteiger partial charge in [-0.2, -0.15) is 5.10 Å². The zero-order valence-corrected chi connectivity index (χ0v) is 16.1. The van der Waals surface area contributed by atoms with Crippen LogP contribution in [0.2, 0.25) is 0 Å². The van der Waals surface area contributed by atoms with Crippen LogP contribution < -0.4 is 5.32 Å².